The van der Waals surface area contributed by atoms with E-state index in [1.807, 2.05) is 19.1 Å². The molecule has 7 heteroatoms. The van der Waals surface area contributed by atoms with Crippen molar-refractivity contribution < 1.29 is 23.8 Å². The van der Waals surface area contributed by atoms with Crippen LogP contribution in [0.1, 0.15) is 71.8 Å². The van der Waals surface area contributed by atoms with Crippen LogP contribution in [0.4, 0.5) is 0 Å². The second kappa shape index (κ2) is 9.86. The third kappa shape index (κ3) is 4.82. The van der Waals surface area contributed by atoms with Crippen LogP contribution in [-0.2, 0) is 14.3 Å². The van der Waals surface area contributed by atoms with Gasteiger partial charge in [0, 0.05) is 55.0 Å². The van der Waals surface area contributed by atoms with Gasteiger partial charge in [-0.25, -0.2) is 0 Å². The molecule has 196 valence electrons. The zero-order chi connectivity index (χ0) is 26.4. The second-order valence-corrected chi connectivity index (χ2v) is 12.1. The van der Waals surface area contributed by atoms with Gasteiger partial charge < -0.3 is 19.1 Å². The summed E-state index contributed by atoms with van der Waals surface area (Å²) in [5, 5.41) is 0.400. The molecule has 0 saturated carbocycles. The van der Waals surface area contributed by atoms with E-state index >= 15 is 0 Å². The molecule has 3 aliphatic rings. The number of rotatable bonds is 7. The molecule has 0 amide bonds. The van der Waals surface area contributed by atoms with E-state index in [0.717, 1.165) is 29.8 Å². The number of ether oxygens (including phenoxy) is 3. The third-order valence-corrected chi connectivity index (χ3v) is 7.69. The van der Waals surface area contributed by atoms with Gasteiger partial charge in [-0.1, -0.05) is 39.3 Å². The van der Waals surface area contributed by atoms with Gasteiger partial charge in [0.05, 0.1) is 25.3 Å². The highest BCUT2D eigenvalue weighted by Gasteiger charge is 2.49. The van der Waals surface area contributed by atoms with Crippen molar-refractivity contribution >= 4 is 23.2 Å². The molecule has 0 bridgehead atoms. The van der Waals surface area contributed by atoms with E-state index in [1.165, 1.54) is 0 Å². The van der Waals surface area contributed by atoms with Gasteiger partial charge in [0.1, 0.15) is 0 Å². The number of hydrogen-bond acceptors (Lipinski definition) is 6. The van der Waals surface area contributed by atoms with Crippen LogP contribution in [0.15, 0.2) is 34.7 Å². The Bertz CT molecular complexity index is 1090. The molecule has 2 aliphatic carbocycles. The summed E-state index contributed by atoms with van der Waals surface area (Å²) >= 11 is 6.67. The SMILES string of the molecule is CCOc1cc(C2C3=C(CC(C)(C)CC3=O)N(CCOC)C3=C2C(=O)CC(C)(C)C3)cc(Cl)c1OC. The van der Waals surface area contributed by atoms with E-state index in [4.69, 9.17) is 25.8 Å². The minimum atomic E-state index is -0.483. The van der Waals surface area contributed by atoms with Crippen molar-refractivity contribution in [3.63, 3.8) is 0 Å². The minimum absolute atomic E-state index is 0.0859. The number of hydrogen-bond donors (Lipinski definition) is 0. The average molecular weight is 516 g/mol. The number of halogens is 1. The summed E-state index contributed by atoms with van der Waals surface area (Å²) in [4.78, 5) is 29.9. The molecule has 1 aromatic rings. The predicted molar refractivity (Wildman–Crippen MR) is 141 cm³/mol. The van der Waals surface area contributed by atoms with Gasteiger partial charge in [-0.15, -0.1) is 0 Å². The summed E-state index contributed by atoms with van der Waals surface area (Å²) in [6.45, 7) is 12.0. The molecule has 0 fully saturated rings. The molecule has 0 N–H and O–H groups in total. The van der Waals surface area contributed by atoms with Gasteiger partial charge in [-0.3, -0.25) is 9.59 Å². The Morgan fingerprint density at radius 2 is 1.50 bits per heavy atom. The highest BCUT2D eigenvalue weighted by molar-refractivity contribution is 6.32. The first-order chi connectivity index (χ1) is 16.9. The largest absolute Gasteiger partial charge is 0.491 e. The quantitative estimate of drug-likeness (QED) is 0.438. The number of allylic oxidation sites excluding steroid dienone is 4. The van der Waals surface area contributed by atoms with Crippen molar-refractivity contribution in [1.82, 2.24) is 4.90 Å². The topological polar surface area (TPSA) is 65.1 Å². The standard InChI is InChI=1S/C29H38ClNO5/c1-8-36-23-12-17(11-18(30)27(23)35-7)24-25-19(13-28(2,3)15-21(25)32)31(9-10-34-6)20-14-29(4,5)16-22(33)26(20)24/h11-12,24H,8-10,13-16H2,1-7H3. The fourth-order valence-corrected chi connectivity index (χ4v) is 6.35. The first-order valence-corrected chi connectivity index (χ1v) is 13.1. The number of nitrogens with zero attached hydrogens (tertiary/aromatic N) is 1. The lowest BCUT2D eigenvalue weighted by Crippen LogP contribution is -2.45. The Morgan fingerprint density at radius 3 is 1.97 bits per heavy atom. The van der Waals surface area contributed by atoms with Gasteiger partial charge in [0.15, 0.2) is 23.1 Å². The Balaban J connectivity index is 2.01. The summed E-state index contributed by atoms with van der Waals surface area (Å²) < 4.78 is 16.8. The van der Waals surface area contributed by atoms with Gasteiger partial charge >= 0.3 is 0 Å². The highest BCUT2D eigenvalue weighted by atomic mass is 35.5. The zero-order valence-corrected chi connectivity index (χ0v) is 23.3. The molecular weight excluding hydrogens is 478 g/mol. The maximum atomic E-state index is 13.8. The fraction of sp³-hybridized carbons (Fsp3) is 0.586. The lowest BCUT2D eigenvalue weighted by molar-refractivity contribution is -0.119. The average Bonchev–Trinajstić information content (AvgIpc) is 2.75. The number of Topliss-reactive ketones (excluding diaryl/α,β-unsaturated/α-hetero) is 2. The number of ketones is 2. The van der Waals surface area contributed by atoms with Crippen LogP contribution in [-0.4, -0.2) is 50.4 Å². The molecule has 1 aromatic carbocycles. The van der Waals surface area contributed by atoms with Gasteiger partial charge in [0.25, 0.3) is 0 Å². The van der Waals surface area contributed by atoms with E-state index in [9.17, 15) is 9.59 Å². The molecule has 4 rings (SSSR count). The third-order valence-electron chi connectivity index (χ3n) is 7.41. The van der Waals surface area contributed by atoms with E-state index in [2.05, 4.69) is 32.6 Å². The van der Waals surface area contributed by atoms with Crippen molar-refractivity contribution in [1.29, 1.82) is 0 Å². The van der Waals surface area contributed by atoms with Gasteiger partial charge in [-0.2, -0.15) is 0 Å². The first-order valence-electron chi connectivity index (χ1n) is 12.7. The minimum Gasteiger partial charge on any atom is -0.491 e. The molecule has 0 unspecified atom stereocenters. The summed E-state index contributed by atoms with van der Waals surface area (Å²) in [6.07, 6.45) is 2.37. The Morgan fingerprint density at radius 1 is 0.944 bits per heavy atom. The molecule has 0 spiro atoms. The van der Waals surface area contributed by atoms with Crippen molar-refractivity contribution in [2.75, 3.05) is 34.0 Å². The summed E-state index contributed by atoms with van der Waals surface area (Å²) in [7, 11) is 3.23. The van der Waals surface area contributed by atoms with Crippen LogP contribution < -0.4 is 9.47 Å². The Kier molecular flexibility index (Phi) is 7.33. The van der Waals surface area contributed by atoms with Crippen LogP contribution >= 0.6 is 11.6 Å². The normalized spacial score (nSPS) is 21.5. The molecule has 6 nitrogen and oxygen atoms in total. The van der Waals surface area contributed by atoms with Gasteiger partial charge in [-0.05, 0) is 48.3 Å². The molecular formula is C29H38ClNO5. The summed E-state index contributed by atoms with van der Waals surface area (Å²) in [5.41, 5.74) is 3.87. The van der Waals surface area contributed by atoms with E-state index in [0.29, 0.717) is 60.3 Å². The van der Waals surface area contributed by atoms with Crippen LogP contribution in [0.3, 0.4) is 0 Å². The summed E-state index contributed by atoms with van der Waals surface area (Å²) in [6, 6.07) is 3.71. The lowest BCUT2D eigenvalue weighted by Gasteiger charge is -2.49. The summed E-state index contributed by atoms with van der Waals surface area (Å²) in [5.74, 6) is 0.658. The smallest absolute Gasteiger partial charge is 0.179 e. The van der Waals surface area contributed by atoms with E-state index in [1.54, 1.807) is 14.2 Å². The highest BCUT2D eigenvalue weighted by Crippen LogP contribution is 2.55. The molecule has 36 heavy (non-hydrogen) atoms. The van der Waals surface area contributed by atoms with Crippen molar-refractivity contribution in [2.45, 2.75) is 66.2 Å². The van der Waals surface area contributed by atoms with E-state index in [-0.39, 0.29) is 22.4 Å². The van der Waals surface area contributed by atoms with Crippen molar-refractivity contribution in [3.8, 4) is 11.5 Å². The van der Waals surface area contributed by atoms with Crippen LogP contribution in [0, 0.1) is 10.8 Å². The molecule has 1 aliphatic heterocycles. The predicted octanol–water partition coefficient (Wildman–Crippen LogP) is 6.08. The van der Waals surface area contributed by atoms with Crippen LogP contribution in [0.5, 0.6) is 11.5 Å². The van der Waals surface area contributed by atoms with Crippen molar-refractivity contribution in [2.24, 2.45) is 10.8 Å². The maximum Gasteiger partial charge on any atom is 0.179 e. The van der Waals surface area contributed by atoms with Crippen LogP contribution in [0.2, 0.25) is 5.02 Å². The Hall–Kier alpha value is -2.31. The molecule has 0 saturated heterocycles. The van der Waals surface area contributed by atoms with Gasteiger partial charge in [0.2, 0.25) is 0 Å². The maximum absolute atomic E-state index is 13.8. The molecule has 0 radical (unpaired) electrons. The van der Waals surface area contributed by atoms with Crippen molar-refractivity contribution in [3.05, 3.63) is 45.3 Å². The number of carbonyl (C=O) groups is 2. The lowest BCUT2D eigenvalue weighted by atomic mass is 9.63. The number of carbonyl (C=O) groups excluding carboxylic acids is 2. The second-order valence-electron chi connectivity index (χ2n) is 11.6. The molecule has 0 atom stereocenters. The monoisotopic (exact) mass is 515 g/mol. The van der Waals surface area contributed by atoms with E-state index < -0.39 is 5.92 Å². The molecule has 1 heterocycles. The number of methoxy groups -OCH3 is 2. The number of benzene rings is 1. The fourth-order valence-electron chi connectivity index (χ4n) is 6.05. The first kappa shape index (κ1) is 26.7. The Labute approximate surface area is 219 Å². The zero-order valence-electron chi connectivity index (χ0n) is 22.5. The van der Waals surface area contributed by atoms with Crippen LogP contribution in [0.25, 0.3) is 0 Å². The molecule has 0 aromatic heterocycles.